The first-order valence-electron chi connectivity index (χ1n) is 17.0. The molecule has 0 aliphatic rings. The van der Waals surface area contributed by atoms with Crippen LogP contribution in [0.4, 0.5) is 0 Å². The van der Waals surface area contributed by atoms with E-state index in [1.807, 2.05) is 35.9 Å². The Morgan fingerprint density at radius 1 is 0.451 bits per heavy atom. The summed E-state index contributed by atoms with van der Waals surface area (Å²) >= 11 is 1.85. The minimum Gasteiger partial charge on any atom is -0.294 e. The summed E-state index contributed by atoms with van der Waals surface area (Å²) in [6.07, 6.45) is 3.74. The van der Waals surface area contributed by atoms with Crippen molar-refractivity contribution in [3.05, 3.63) is 164 Å². The molecule has 5 nitrogen and oxygen atoms in total. The minimum atomic E-state index is 0.641. The molecule has 0 aliphatic heterocycles. The van der Waals surface area contributed by atoms with Gasteiger partial charge in [0.2, 0.25) is 5.95 Å². The fourth-order valence-electron chi connectivity index (χ4n) is 7.81. The number of para-hydroxylation sites is 2. The van der Waals surface area contributed by atoms with E-state index in [1.165, 1.54) is 36.7 Å². The van der Waals surface area contributed by atoms with Crippen molar-refractivity contribution < 1.29 is 0 Å². The van der Waals surface area contributed by atoms with Gasteiger partial charge in [-0.2, -0.15) is 0 Å². The van der Waals surface area contributed by atoms with Gasteiger partial charge < -0.3 is 0 Å². The van der Waals surface area contributed by atoms with Gasteiger partial charge in [-0.15, -0.1) is 11.3 Å². The van der Waals surface area contributed by atoms with Gasteiger partial charge in [-0.1, -0.05) is 91.0 Å². The van der Waals surface area contributed by atoms with Crippen LogP contribution in [-0.2, 0) is 0 Å². The molecule has 0 fully saturated rings. The molecule has 0 unspecified atom stereocenters. The topological polar surface area (TPSA) is 48.5 Å². The van der Waals surface area contributed by atoms with E-state index < -0.39 is 0 Å². The molecule has 0 spiro atoms. The van der Waals surface area contributed by atoms with E-state index in [2.05, 4.69) is 149 Å². The van der Waals surface area contributed by atoms with Gasteiger partial charge in [0, 0.05) is 65.4 Å². The Bertz CT molecular complexity index is 3110. The number of hydrogen-bond donors (Lipinski definition) is 0. The molecule has 0 saturated carbocycles. The molecule has 0 atom stereocenters. The predicted molar refractivity (Wildman–Crippen MR) is 212 cm³/mol. The molecule has 238 valence electrons. The van der Waals surface area contributed by atoms with Gasteiger partial charge in [-0.3, -0.25) is 9.13 Å². The van der Waals surface area contributed by atoms with Crippen molar-refractivity contribution in [2.45, 2.75) is 0 Å². The highest BCUT2D eigenvalue weighted by atomic mass is 32.1. The summed E-state index contributed by atoms with van der Waals surface area (Å²) in [7, 11) is 0. The molecule has 0 radical (unpaired) electrons. The molecule has 6 heteroatoms. The summed E-state index contributed by atoms with van der Waals surface area (Å²) in [6.45, 7) is 0. The Balaban J connectivity index is 1.06. The normalized spacial score (nSPS) is 11.9. The van der Waals surface area contributed by atoms with Gasteiger partial charge in [-0.05, 0) is 71.8 Å². The number of nitrogens with zero attached hydrogens (tertiary/aromatic N) is 5. The summed E-state index contributed by atoms with van der Waals surface area (Å²) < 4.78 is 7.06. The van der Waals surface area contributed by atoms with Crippen LogP contribution in [0.15, 0.2) is 164 Å². The second kappa shape index (κ2) is 10.9. The summed E-state index contributed by atoms with van der Waals surface area (Å²) in [6, 6.07) is 53.8. The number of pyridine rings is 1. The average Bonchev–Trinajstić information content (AvgIpc) is 3.86. The third-order valence-electron chi connectivity index (χ3n) is 10.1. The van der Waals surface area contributed by atoms with Crippen LogP contribution in [-0.4, -0.2) is 24.1 Å². The largest absolute Gasteiger partial charge is 0.294 e. The van der Waals surface area contributed by atoms with Crippen molar-refractivity contribution in [1.82, 2.24) is 24.1 Å². The number of benzene rings is 6. The Morgan fingerprint density at radius 3 is 2.06 bits per heavy atom. The molecule has 5 aromatic heterocycles. The summed E-state index contributed by atoms with van der Waals surface area (Å²) in [5, 5.41) is 7.23. The van der Waals surface area contributed by atoms with E-state index in [0.29, 0.717) is 5.95 Å². The van der Waals surface area contributed by atoms with Crippen LogP contribution in [0.3, 0.4) is 0 Å². The fraction of sp³-hybridized carbons (Fsp3) is 0. The monoisotopic (exact) mass is 669 g/mol. The fourth-order valence-corrected chi connectivity index (χ4v) is 9.05. The van der Waals surface area contributed by atoms with Gasteiger partial charge in [0.25, 0.3) is 0 Å². The van der Waals surface area contributed by atoms with Crippen molar-refractivity contribution in [1.29, 1.82) is 0 Å². The van der Waals surface area contributed by atoms with Crippen LogP contribution in [0.2, 0.25) is 0 Å². The van der Waals surface area contributed by atoms with Crippen LogP contribution in [0, 0.1) is 0 Å². The third kappa shape index (κ3) is 4.24. The molecule has 51 heavy (non-hydrogen) atoms. The Kier molecular flexibility index (Phi) is 6.05. The molecule has 6 aromatic carbocycles. The first kappa shape index (κ1) is 28.2. The second-order valence-electron chi connectivity index (χ2n) is 12.9. The standard InChI is InChI=1S/C45H27N5S/c1-4-18-39-32(12-1)36-17-9-24-46-44(36)49(39)30-21-22-41-37(27-30)33-13-2-5-19-40(33)50(41)45-47-25-23-38(48-45)29-11-7-10-28(26-29)31-15-8-16-35-34-14-3-6-20-42(34)51-43(31)35/h1-27H. The van der Waals surface area contributed by atoms with E-state index in [1.54, 1.807) is 0 Å². The van der Waals surface area contributed by atoms with Crippen molar-refractivity contribution in [2.24, 2.45) is 0 Å². The van der Waals surface area contributed by atoms with Crippen molar-refractivity contribution in [3.8, 4) is 34.0 Å². The molecular formula is C45H27N5S. The van der Waals surface area contributed by atoms with E-state index in [9.17, 15) is 0 Å². The molecule has 11 rings (SSSR count). The van der Waals surface area contributed by atoms with Crippen molar-refractivity contribution in [2.75, 3.05) is 0 Å². The van der Waals surface area contributed by atoms with Crippen molar-refractivity contribution in [3.63, 3.8) is 0 Å². The van der Waals surface area contributed by atoms with Gasteiger partial charge in [0.1, 0.15) is 5.65 Å². The zero-order valence-electron chi connectivity index (χ0n) is 27.2. The summed E-state index contributed by atoms with van der Waals surface area (Å²) in [5.74, 6) is 0.641. The molecule has 11 aromatic rings. The van der Waals surface area contributed by atoms with E-state index in [0.717, 1.165) is 55.3 Å². The lowest BCUT2D eigenvalue weighted by Gasteiger charge is -2.10. The number of hydrogen-bond acceptors (Lipinski definition) is 4. The SMILES string of the molecule is c1cc(-c2ccnc(-n3c4ccccc4c4cc(-n5c6ccccc6c6cccnc65)ccc43)n2)cc(-c2cccc3c2sc2ccccc23)c1. The maximum atomic E-state index is 5.21. The number of aromatic nitrogens is 5. The highest BCUT2D eigenvalue weighted by molar-refractivity contribution is 7.26. The molecule has 0 aliphatic carbocycles. The van der Waals surface area contributed by atoms with Gasteiger partial charge in [0.05, 0.1) is 22.2 Å². The molecule has 0 amide bonds. The molecule has 5 heterocycles. The first-order chi connectivity index (χ1) is 25.3. The molecule has 0 saturated heterocycles. The van der Waals surface area contributed by atoms with Crippen LogP contribution < -0.4 is 0 Å². The lowest BCUT2D eigenvalue weighted by molar-refractivity contribution is 0.991. The Labute approximate surface area is 296 Å². The van der Waals surface area contributed by atoms with Crippen LogP contribution in [0.5, 0.6) is 0 Å². The lowest BCUT2D eigenvalue weighted by atomic mass is 10.00. The van der Waals surface area contributed by atoms with Crippen LogP contribution in [0.25, 0.3) is 97.9 Å². The quantitative estimate of drug-likeness (QED) is 0.187. The molecule has 0 bridgehead atoms. The maximum absolute atomic E-state index is 5.21. The Morgan fingerprint density at radius 2 is 1.16 bits per heavy atom. The van der Waals surface area contributed by atoms with E-state index in [-0.39, 0.29) is 0 Å². The first-order valence-corrected chi connectivity index (χ1v) is 17.8. The van der Waals surface area contributed by atoms with E-state index >= 15 is 0 Å². The third-order valence-corrected chi connectivity index (χ3v) is 11.3. The number of fused-ring (bicyclic) bond motifs is 9. The Hall–Kier alpha value is -6.63. The van der Waals surface area contributed by atoms with Gasteiger partial charge >= 0.3 is 0 Å². The van der Waals surface area contributed by atoms with Crippen molar-refractivity contribution >= 4 is 75.3 Å². The minimum absolute atomic E-state index is 0.641. The molecule has 0 N–H and O–H groups in total. The average molecular weight is 670 g/mol. The summed E-state index contributed by atoms with van der Waals surface area (Å²) in [5.41, 5.74) is 9.61. The zero-order valence-corrected chi connectivity index (χ0v) is 28.0. The number of thiophene rings is 1. The highest BCUT2D eigenvalue weighted by Crippen LogP contribution is 2.41. The van der Waals surface area contributed by atoms with Gasteiger partial charge in [-0.25, -0.2) is 15.0 Å². The number of rotatable bonds is 4. The van der Waals surface area contributed by atoms with Gasteiger partial charge in [0.15, 0.2) is 0 Å². The van der Waals surface area contributed by atoms with E-state index in [4.69, 9.17) is 15.0 Å². The van der Waals surface area contributed by atoms with Crippen LogP contribution >= 0.6 is 11.3 Å². The second-order valence-corrected chi connectivity index (χ2v) is 13.9. The molecular weight excluding hydrogens is 643 g/mol. The van der Waals surface area contributed by atoms with Crippen LogP contribution in [0.1, 0.15) is 0 Å². The highest BCUT2D eigenvalue weighted by Gasteiger charge is 2.18. The zero-order chi connectivity index (χ0) is 33.5. The predicted octanol–water partition coefficient (Wildman–Crippen LogP) is 11.8. The maximum Gasteiger partial charge on any atom is 0.235 e. The summed E-state index contributed by atoms with van der Waals surface area (Å²) in [4.78, 5) is 14.9. The lowest BCUT2D eigenvalue weighted by Crippen LogP contribution is -2.02. The smallest absolute Gasteiger partial charge is 0.235 e.